The second-order valence-corrected chi connectivity index (χ2v) is 7.00. The summed E-state index contributed by atoms with van der Waals surface area (Å²) in [6, 6.07) is 7.91. The fraction of sp³-hybridized carbons (Fsp3) is 0.389. The van der Waals surface area contributed by atoms with Crippen LogP contribution < -0.4 is 0 Å². The lowest BCUT2D eigenvalue weighted by Crippen LogP contribution is -2.36. The maximum Gasteiger partial charge on any atom is 0.305 e. The fourth-order valence-electron chi connectivity index (χ4n) is 2.42. The van der Waals surface area contributed by atoms with Gasteiger partial charge in [0.25, 0.3) is 5.91 Å². The number of aryl methyl sites for hydroxylation is 1. The van der Waals surface area contributed by atoms with Crippen molar-refractivity contribution < 1.29 is 14.7 Å². The Kier molecular flexibility index (Phi) is 6.09. The van der Waals surface area contributed by atoms with Gasteiger partial charge >= 0.3 is 5.97 Å². The number of thiazole rings is 1. The number of carbonyl (C=O) groups is 2. The van der Waals surface area contributed by atoms with Crippen molar-refractivity contribution in [2.24, 2.45) is 5.92 Å². The number of carboxylic acids is 1. The first-order valence-electron chi connectivity index (χ1n) is 7.91. The third-order valence-corrected chi connectivity index (χ3v) is 4.44. The molecule has 24 heavy (non-hydrogen) atoms. The highest BCUT2D eigenvalue weighted by Gasteiger charge is 2.21. The number of aromatic nitrogens is 1. The molecule has 1 aromatic heterocycles. The van der Waals surface area contributed by atoms with Gasteiger partial charge in [-0.1, -0.05) is 38.1 Å². The van der Waals surface area contributed by atoms with E-state index in [4.69, 9.17) is 5.11 Å². The molecule has 0 fully saturated rings. The Morgan fingerprint density at radius 1 is 1.29 bits per heavy atom. The van der Waals surface area contributed by atoms with Crippen LogP contribution in [0.2, 0.25) is 0 Å². The van der Waals surface area contributed by atoms with Crippen molar-refractivity contribution in [2.75, 3.05) is 13.1 Å². The monoisotopic (exact) mass is 346 g/mol. The highest BCUT2D eigenvalue weighted by molar-refractivity contribution is 7.13. The van der Waals surface area contributed by atoms with Gasteiger partial charge in [-0.2, -0.15) is 0 Å². The Balaban J connectivity index is 2.21. The highest BCUT2D eigenvalue weighted by Crippen LogP contribution is 2.27. The van der Waals surface area contributed by atoms with Crippen molar-refractivity contribution in [1.82, 2.24) is 9.88 Å². The van der Waals surface area contributed by atoms with E-state index in [1.165, 1.54) is 11.3 Å². The number of carbonyl (C=O) groups excluding carboxylic acids is 1. The first-order valence-corrected chi connectivity index (χ1v) is 8.79. The van der Waals surface area contributed by atoms with Crippen LogP contribution in [0.3, 0.4) is 0 Å². The average molecular weight is 346 g/mol. The molecule has 2 aromatic rings. The van der Waals surface area contributed by atoms with Gasteiger partial charge in [0.2, 0.25) is 0 Å². The van der Waals surface area contributed by atoms with Gasteiger partial charge in [0.1, 0.15) is 10.7 Å². The average Bonchev–Trinajstić information content (AvgIpc) is 3.00. The minimum Gasteiger partial charge on any atom is -0.481 e. The summed E-state index contributed by atoms with van der Waals surface area (Å²) in [6.07, 6.45) is -0.0623. The number of amides is 1. The molecule has 6 heteroatoms. The molecule has 0 unspecified atom stereocenters. The summed E-state index contributed by atoms with van der Waals surface area (Å²) in [5.41, 5.74) is 2.50. The molecule has 0 spiro atoms. The predicted octanol–water partition coefficient (Wildman–Crippen LogP) is 3.69. The smallest absolute Gasteiger partial charge is 0.305 e. The second kappa shape index (κ2) is 8.06. The van der Waals surface area contributed by atoms with Crippen molar-refractivity contribution >= 4 is 23.2 Å². The molecule has 5 nitrogen and oxygen atoms in total. The molecule has 1 amide bonds. The molecule has 1 heterocycles. The molecule has 0 aliphatic carbocycles. The first kappa shape index (κ1) is 18.1. The maximum absolute atomic E-state index is 12.7. The standard InChI is InChI=1S/C18H22N2O3S/c1-12(2)10-20(9-8-16(21)22)18(23)15-11-24-17(19-15)14-7-5-4-6-13(14)3/h4-7,11-12H,8-10H2,1-3H3,(H,21,22). The first-order chi connectivity index (χ1) is 11.4. The van der Waals surface area contributed by atoms with E-state index in [1.54, 1.807) is 10.3 Å². The molecule has 0 saturated carbocycles. The van der Waals surface area contributed by atoms with Crippen molar-refractivity contribution in [1.29, 1.82) is 0 Å². The Morgan fingerprint density at radius 2 is 2.00 bits per heavy atom. The minimum absolute atomic E-state index is 0.0623. The van der Waals surface area contributed by atoms with Gasteiger partial charge in [-0.25, -0.2) is 4.98 Å². The minimum atomic E-state index is -0.907. The van der Waals surface area contributed by atoms with Gasteiger partial charge in [-0.3, -0.25) is 9.59 Å². The van der Waals surface area contributed by atoms with Crippen molar-refractivity contribution in [2.45, 2.75) is 27.2 Å². The summed E-state index contributed by atoms with van der Waals surface area (Å²) in [6.45, 7) is 6.73. The van der Waals surface area contributed by atoms with E-state index in [9.17, 15) is 9.59 Å². The van der Waals surface area contributed by atoms with Gasteiger partial charge in [-0.05, 0) is 18.4 Å². The van der Waals surface area contributed by atoms with Crippen LogP contribution in [0.25, 0.3) is 10.6 Å². The summed E-state index contributed by atoms with van der Waals surface area (Å²) in [5.74, 6) is -0.853. The summed E-state index contributed by atoms with van der Waals surface area (Å²) in [7, 11) is 0. The molecule has 0 atom stereocenters. The summed E-state index contributed by atoms with van der Waals surface area (Å²) in [5, 5.41) is 11.4. The number of benzene rings is 1. The maximum atomic E-state index is 12.7. The number of rotatable bonds is 7. The van der Waals surface area contributed by atoms with Gasteiger partial charge in [0.05, 0.1) is 6.42 Å². The highest BCUT2D eigenvalue weighted by atomic mass is 32.1. The second-order valence-electron chi connectivity index (χ2n) is 6.14. The van der Waals surface area contributed by atoms with Gasteiger partial charge in [0.15, 0.2) is 0 Å². The summed E-state index contributed by atoms with van der Waals surface area (Å²) in [4.78, 5) is 29.6. The summed E-state index contributed by atoms with van der Waals surface area (Å²) >= 11 is 1.43. The van der Waals surface area contributed by atoms with Crippen molar-refractivity contribution in [3.63, 3.8) is 0 Å². The third-order valence-electron chi connectivity index (χ3n) is 3.57. The SMILES string of the molecule is Cc1ccccc1-c1nc(C(=O)N(CCC(=O)O)CC(C)C)cs1. The Hall–Kier alpha value is -2.21. The van der Waals surface area contributed by atoms with E-state index in [0.29, 0.717) is 12.2 Å². The third kappa shape index (κ3) is 4.64. The molecule has 0 aliphatic rings. The van der Waals surface area contributed by atoms with E-state index in [0.717, 1.165) is 16.1 Å². The van der Waals surface area contributed by atoms with E-state index < -0.39 is 5.97 Å². The lowest BCUT2D eigenvalue weighted by Gasteiger charge is -2.23. The van der Waals surface area contributed by atoms with Crippen LogP contribution in [-0.2, 0) is 4.79 Å². The van der Waals surface area contributed by atoms with Gasteiger partial charge in [0, 0.05) is 24.0 Å². The summed E-state index contributed by atoms with van der Waals surface area (Å²) < 4.78 is 0. The van der Waals surface area contributed by atoms with Crippen LogP contribution >= 0.6 is 11.3 Å². The van der Waals surface area contributed by atoms with E-state index in [1.807, 2.05) is 45.0 Å². The molecule has 1 aromatic carbocycles. The fourth-order valence-corrected chi connectivity index (χ4v) is 3.30. The normalized spacial score (nSPS) is 10.8. The Morgan fingerprint density at radius 3 is 2.62 bits per heavy atom. The number of hydrogen-bond acceptors (Lipinski definition) is 4. The van der Waals surface area contributed by atoms with Gasteiger partial charge in [-0.15, -0.1) is 11.3 Å². The van der Waals surface area contributed by atoms with Crippen molar-refractivity contribution in [3.05, 3.63) is 40.9 Å². The zero-order valence-corrected chi connectivity index (χ0v) is 15.0. The lowest BCUT2D eigenvalue weighted by molar-refractivity contribution is -0.137. The molecule has 0 bridgehead atoms. The molecule has 0 saturated heterocycles. The number of aliphatic carboxylic acids is 1. The molecule has 0 aliphatic heterocycles. The largest absolute Gasteiger partial charge is 0.481 e. The number of carboxylic acid groups (broad SMARTS) is 1. The van der Waals surface area contributed by atoms with Crippen LogP contribution in [0.4, 0.5) is 0 Å². The van der Waals surface area contributed by atoms with Crippen molar-refractivity contribution in [3.8, 4) is 10.6 Å². The zero-order chi connectivity index (χ0) is 17.7. The van der Waals surface area contributed by atoms with Crippen LogP contribution in [0, 0.1) is 12.8 Å². The van der Waals surface area contributed by atoms with E-state index >= 15 is 0 Å². The van der Waals surface area contributed by atoms with Crippen LogP contribution in [0.1, 0.15) is 36.3 Å². The Bertz CT molecular complexity index is 725. The van der Waals surface area contributed by atoms with Gasteiger partial charge < -0.3 is 10.0 Å². The topological polar surface area (TPSA) is 70.5 Å². The quantitative estimate of drug-likeness (QED) is 0.830. The Labute approximate surface area is 146 Å². The lowest BCUT2D eigenvalue weighted by atomic mass is 10.1. The predicted molar refractivity (Wildman–Crippen MR) is 95.3 cm³/mol. The molecular weight excluding hydrogens is 324 g/mol. The number of hydrogen-bond donors (Lipinski definition) is 1. The molecule has 128 valence electrons. The van der Waals surface area contributed by atoms with Crippen LogP contribution in [-0.4, -0.2) is 40.0 Å². The van der Waals surface area contributed by atoms with E-state index in [-0.39, 0.29) is 24.8 Å². The molecule has 2 rings (SSSR count). The molecular formula is C18H22N2O3S. The van der Waals surface area contributed by atoms with Crippen LogP contribution in [0.5, 0.6) is 0 Å². The van der Waals surface area contributed by atoms with E-state index in [2.05, 4.69) is 4.98 Å². The number of nitrogens with zero attached hydrogens (tertiary/aromatic N) is 2. The zero-order valence-electron chi connectivity index (χ0n) is 14.2. The van der Waals surface area contributed by atoms with Crippen LogP contribution in [0.15, 0.2) is 29.6 Å². The molecule has 0 radical (unpaired) electrons. The molecule has 1 N–H and O–H groups in total.